The molecule has 0 fully saturated rings. The molecule has 2 aromatic rings. The van der Waals surface area contributed by atoms with E-state index in [-0.39, 0.29) is 11.9 Å². The number of nitrogens with one attached hydrogen (secondary N) is 1. The van der Waals surface area contributed by atoms with Crippen LogP contribution in [-0.2, 0) is 4.79 Å². The maximum Gasteiger partial charge on any atom is 0.245 e. The standard InChI is InChI=1S/C16H20ClN3O2/c1-4-15(12-5-7-14(22-3)8-6-12)19-16(21)11(2)20-10-13(17)9-18-20/h5-11,15H,4H2,1-3H3,(H,19,21)/t11-,15-/m0/s1. The smallest absolute Gasteiger partial charge is 0.245 e. The van der Waals surface area contributed by atoms with Crippen molar-refractivity contribution < 1.29 is 9.53 Å². The van der Waals surface area contributed by atoms with Crippen molar-refractivity contribution in [1.29, 1.82) is 0 Å². The summed E-state index contributed by atoms with van der Waals surface area (Å²) < 4.78 is 6.70. The van der Waals surface area contributed by atoms with E-state index in [2.05, 4.69) is 10.4 Å². The van der Waals surface area contributed by atoms with Crippen molar-refractivity contribution in [2.24, 2.45) is 0 Å². The first kappa shape index (κ1) is 16.4. The second kappa shape index (κ2) is 7.31. The third-order valence-corrected chi connectivity index (χ3v) is 3.78. The number of carbonyl (C=O) groups excluding carboxylic acids is 1. The highest BCUT2D eigenvalue weighted by molar-refractivity contribution is 6.30. The Bertz CT molecular complexity index is 625. The predicted molar refractivity (Wildman–Crippen MR) is 86.1 cm³/mol. The summed E-state index contributed by atoms with van der Waals surface area (Å²) in [6.07, 6.45) is 3.96. The topological polar surface area (TPSA) is 56.2 Å². The zero-order chi connectivity index (χ0) is 16.1. The number of halogens is 1. The van der Waals surface area contributed by atoms with Gasteiger partial charge in [-0.15, -0.1) is 0 Å². The average molecular weight is 322 g/mol. The maximum atomic E-state index is 12.4. The Morgan fingerprint density at radius 2 is 2.09 bits per heavy atom. The molecule has 1 aromatic carbocycles. The molecule has 118 valence electrons. The monoisotopic (exact) mass is 321 g/mol. The van der Waals surface area contributed by atoms with Gasteiger partial charge in [0.25, 0.3) is 0 Å². The molecule has 0 aliphatic carbocycles. The molecular formula is C16H20ClN3O2. The van der Waals surface area contributed by atoms with E-state index in [0.717, 1.165) is 17.7 Å². The van der Waals surface area contributed by atoms with E-state index in [1.54, 1.807) is 24.9 Å². The molecule has 1 amide bonds. The van der Waals surface area contributed by atoms with Crippen molar-refractivity contribution in [2.45, 2.75) is 32.4 Å². The van der Waals surface area contributed by atoms with E-state index in [1.165, 1.54) is 6.20 Å². The quantitative estimate of drug-likeness (QED) is 0.887. The second-order valence-corrected chi connectivity index (χ2v) is 5.49. The fourth-order valence-corrected chi connectivity index (χ4v) is 2.34. The largest absolute Gasteiger partial charge is 0.497 e. The number of nitrogens with zero attached hydrogens (tertiary/aromatic N) is 2. The summed E-state index contributed by atoms with van der Waals surface area (Å²) in [6.45, 7) is 3.82. The molecular weight excluding hydrogens is 302 g/mol. The van der Waals surface area contributed by atoms with Gasteiger partial charge in [0.15, 0.2) is 0 Å². The van der Waals surface area contributed by atoms with E-state index in [9.17, 15) is 4.79 Å². The van der Waals surface area contributed by atoms with Crippen LogP contribution >= 0.6 is 11.6 Å². The predicted octanol–water partition coefficient (Wildman–Crippen LogP) is 3.37. The Kier molecular flexibility index (Phi) is 5.44. The molecule has 0 aliphatic heterocycles. The van der Waals surface area contributed by atoms with Gasteiger partial charge in [0, 0.05) is 6.20 Å². The molecule has 0 saturated heterocycles. The highest BCUT2D eigenvalue weighted by atomic mass is 35.5. The van der Waals surface area contributed by atoms with Crippen molar-refractivity contribution in [3.05, 3.63) is 47.2 Å². The molecule has 0 aliphatic rings. The van der Waals surface area contributed by atoms with Crippen LogP contribution in [0, 0.1) is 0 Å². The summed E-state index contributed by atoms with van der Waals surface area (Å²) in [4.78, 5) is 12.4. The van der Waals surface area contributed by atoms with E-state index < -0.39 is 6.04 Å². The molecule has 0 spiro atoms. The molecule has 1 N–H and O–H groups in total. The lowest BCUT2D eigenvalue weighted by molar-refractivity contribution is -0.124. The van der Waals surface area contributed by atoms with Gasteiger partial charge in [-0.05, 0) is 31.0 Å². The number of hydrogen-bond acceptors (Lipinski definition) is 3. The molecule has 6 heteroatoms. The molecule has 1 aromatic heterocycles. The molecule has 0 radical (unpaired) electrons. The van der Waals surface area contributed by atoms with E-state index in [1.807, 2.05) is 31.2 Å². The van der Waals surface area contributed by atoms with Crippen LogP contribution < -0.4 is 10.1 Å². The summed E-state index contributed by atoms with van der Waals surface area (Å²) >= 11 is 5.84. The van der Waals surface area contributed by atoms with Gasteiger partial charge in [-0.25, -0.2) is 0 Å². The number of amides is 1. The normalized spacial score (nSPS) is 13.5. The minimum Gasteiger partial charge on any atom is -0.497 e. The summed E-state index contributed by atoms with van der Waals surface area (Å²) in [7, 11) is 1.63. The fraction of sp³-hybridized carbons (Fsp3) is 0.375. The van der Waals surface area contributed by atoms with Crippen LogP contribution in [0.3, 0.4) is 0 Å². The number of benzene rings is 1. The third kappa shape index (κ3) is 3.80. The zero-order valence-corrected chi connectivity index (χ0v) is 13.7. The second-order valence-electron chi connectivity index (χ2n) is 5.06. The Balaban J connectivity index is 2.06. The fourth-order valence-electron chi connectivity index (χ4n) is 2.20. The zero-order valence-electron chi connectivity index (χ0n) is 12.9. The van der Waals surface area contributed by atoms with Crippen molar-refractivity contribution in [1.82, 2.24) is 15.1 Å². The molecule has 0 unspecified atom stereocenters. The third-order valence-electron chi connectivity index (χ3n) is 3.59. The number of carbonyl (C=O) groups is 1. The van der Waals surface area contributed by atoms with E-state index in [0.29, 0.717) is 5.02 Å². The van der Waals surface area contributed by atoms with Gasteiger partial charge in [-0.1, -0.05) is 30.7 Å². The number of ether oxygens (including phenoxy) is 1. The van der Waals surface area contributed by atoms with Crippen LogP contribution in [0.5, 0.6) is 5.75 Å². The van der Waals surface area contributed by atoms with Gasteiger partial charge in [0.2, 0.25) is 5.91 Å². The first-order valence-electron chi connectivity index (χ1n) is 7.19. The molecule has 22 heavy (non-hydrogen) atoms. The highest BCUT2D eigenvalue weighted by Gasteiger charge is 2.20. The van der Waals surface area contributed by atoms with Gasteiger partial charge in [0.05, 0.1) is 24.4 Å². The number of rotatable bonds is 6. The van der Waals surface area contributed by atoms with Crippen LogP contribution in [0.15, 0.2) is 36.7 Å². The summed E-state index contributed by atoms with van der Waals surface area (Å²) in [6, 6.07) is 7.24. The number of hydrogen-bond donors (Lipinski definition) is 1. The summed E-state index contributed by atoms with van der Waals surface area (Å²) in [5.41, 5.74) is 1.04. The first-order valence-corrected chi connectivity index (χ1v) is 7.57. The SMILES string of the molecule is CC[C@H](NC(=O)[C@H](C)n1cc(Cl)cn1)c1ccc(OC)cc1. The van der Waals surface area contributed by atoms with Crippen LogP contribution in [0.4, 0.5) is 0 Å². The Hall–Kier alpha value is -2.01. The van der Waals surface area contributed by atoms with Crippen molar-refractivity contribution in [3.63, 3.8) is 0 Å². The summed E-state index contributed by atoms with van der Waals surface area (Å²) in [5.74, 6) is 0.701. The molecule has 0 bridgehead atoms. The van der Waals surface area contributed by atoms with Gasteiger partial charge < -0.3 is 10.1 Å². The van der Waals surface area contributed by atoms with Crippen LogP contribution in [0.25, 0.3) is 0 Å². The van der Waals surface area contributed by atoms with Gasteiger partial charge in [-0.2, -0.15) is 5.10 Å². The lowest BCUT2D eigenvalue weighted by Gasteiger charge is -2.20. The maximum absolute atomic E-state index is 12.4. The molecule has 2 atom stereocenters. The minimum atomic E-state index is -0.417. The van der Waals surface area contributed by atoms with Crippen LogP contribution in [0.1, 0.15) is 37.9 Å². The lowest BCUT2D eigenvalue weighted by Crippen LogP contribution is -2.34. The number of aromatic nitrogens is 2. The first-order chi connectivity index (χ1) is 10.5. The average Bonchev–Trinajstić information content (AvgIpc) is 2.98. The van der Waals surface area contributed by atoms with Crippen molar-refractivity contribution in [2.75, 3.05) is 7.11 Å². The van der Waals surface area contributed by atoms with Crippen molar-refractivity contribution in [3.8, 4) is 5.75 Å². The highest BCUT2D eigenvalue weighted by Crippen LogP contribution is 2.21. The molecule has 0 saturated carbocycles. The van der Waals surface area contributed by atoms with E-state index >= 15 is 0 Å². The Morgan fingerprint density at radius 1 is 1.41 bits per heavy atom. The summed E-state index contributed by atoms with van der Waals surface area (Å²) in [5, 5.41) is 7.63. The van der Waals surface area contributed by atoms with Crippen LogP contribution in [0.2, 0.25) is 5.02 Å². The Labute approximate surface area is 135 Å². The van der Waals surface area contributed by atoms with Crippen molar-refractivity contribution >= 4 is 17.5 Å². The molecule has 2 rings (SSSR count). The Morgan fingerprint density at radius 3 is 2.59 bits per heavy atom. The molecule has 5 nitrogen and oxygen atoms in total. The lowest BCUT2D eigenvalue weighted by atomic mass is 10.0. The molecule has 1 heterocycles. The minimum absolute atomic E-state index is 0.0492. The van der Waals surface area contributed by atoms with Crippen LogP contribution in [-0.4, -0.2) is 22.8 Å². The van der Waals surface area contributed by atoms with E-state index in [4.69, 9.17) is 16.3 Å². The number of methoxy groups -OCH3 is 1. The van der Waals surface area contributed by atoms with Gasteiger partial charge >= 0.3 is 0 Å². The van der Waals surface area contributed by atoms with Gasteiger partial charge in [0.1, 0.15) is 11.8 Å². The van der Waals surface area contributed by atoms with Gasteiger partial charge in [-0.3, -0.25) is 9.48 Å².